The summed E-state index contributed by atoms with van der Waals surface area (Å²) < 4.78 is 5.05. The largest absolute Gasteiger partial charge is 0.453 e. The molecule has 0 amide bonds. The summed E-state index contributed by atoms with van der Waals surface area (Å²) in [6, 6.07) is 23.7. The normalized spacial score (nSPS) is 11.0. The van der Waals surface area contributed by atoms with Gasteiger partial charge in [0.05, 0.1) is 0 Å². The van der Waals surface area contributed by atoms with Crippen molar-refractivity contribution in [3.63, 3.8) is 0 Å². The molecule has 0 heterocycles. The van der Waals surface area contributed by atoms with Crippen LogP contribution >= 0.6 is 0 Å². The molecule has 0 aromatic heterocycles. The molecule has 0 N–H and O–H groups in total. The van der Waals surface area contributed by atoms with Gasteiger partial charge in [-0.3, -0.25) is 4.79 Å². The molecule has 126 valence electrons. The number of ketones is 1. The molecule has 0 aliphatic carbocycles. The van der Waals surface area contributed by atoms with E-state index in [0.717, 1.165) is 10.8 Å². The molecule has 0 aliphatic heterocycles. The molecule has 0 spiro atoms. The third kappa shape index (κ3) is 3.85. The summed E-state index contributed by atoms with van der Waals surface area (Å²) in [5, 5.41) is 10.9. The highest BCUT2D eigenvalue weighted by Crippen LogP contribution is 2.19. The van der Waals surface area contributed by atoms with E-state index in [-0.39, 0.29) is 11.4 Å². The van der Waals surface area contributed by atoms with Crippen molar-refractivity contribution in [1.82, 2.24) is 0 Å². The lowest BCUT2D eigenvalue weighted by atomic mass is 10.0. The van der Waals surface area contributed by atoms with Crippen molar-refractivity contribution in [2.45, 2.75) is 0 Å². The molecule has 3 aromatic carbocycles. The van der Waals surface area contributed by atoms with Crippen molar-refractivity contribution < 1.29 is 14.3 Å². The number of nitrogens with zero attached hydrogens (tertiary/aromatic N) is 1. The number of hydrogen-bond donors (Lipinski definition) is 0. The number of hydrogen-bond acceptors (Lipinski definition) is 4. The molecule has 26 heavy (non-hydrogen) atoms. The first-order valence-electron chi connectivity index (χ1n) is 8.04. The summed E-state index contributed by atoms with van der Waals surface area (Å²) in [7, 11) is 0. The fourth-order valence-electron chi connectivity index (χ4n) is 2.61. The quantitative estimate of drug-likeness (QED) is 0.302. The van der Waals surface area contributed by atoms with E-state index in [4.69, 9.17) is 4.74 Å². The molecular weight excluding hydrogens is 326 g/mol. The first-order chi connectivity index (χ1) is 12.7. The van der Waals surface area contributed by atoms with Crippen molar-refractivity contribution in [2.24, 2.45) is 0 Å². The van der Waals surface area contributed by atoms with Gasteiger partial charge in [-0.2, -0.15) is 5.26 Å². The number of carbonyl (C=O) groups excluding carboxylic acids is 2. The monoisotopic (exact) mass is 341 g/mol. The number of nitriles is 1. The lowest BCUT2D eigenvalue weighted by molar-refractivity contribution is -0.137. The molecule has 0 fully saturated rings. The van der Waals surface area contributed by atoms with E-state index in [0.29, 0.717) is 11.1 Å². The molecule has 4 heteroatoms. The number of carbonyl (C=O) groups is 2. The summed E-state index contributed by atoms with van der Waals surface area (Å²) in [5.41, 5.74) is 1.05. The van der Waals surface area contributed by atoms with Crippen LogP contribution in [0, 0.1) is 11.3 Å². The third-order valence-corrected chi connectivity index (χ3v) is 3.88. The number of rotatable bonds is 5. The summed E-state index contributed by atoms with van der Waals surface area (Å²) in [6.07, 6.45) is 1.44. The lowest BCUT2D eigenvalue weighted by Crippen LogP contribution is -2.15. The van der Waals surface area contributed by atoms with Gasteiger partial charge in [0.1, 0.15) is 11.6 Å². The first-order valence-corrected chi connectivity index (χ1v) is 8.04. The number of ether oxygens (including phenoxy) is 1. The number of fused-ring (bicyclic) bond motifs is 1. The van der Waals surface area contributed by atoms with Crippen LogP contribution in [0.1, 0.15) is 15.9 Å². The Morgan fingerprint density at radius 3 is 2.38 bits per heavy atom. The van der Waals surface area contributed by atoms with Gasteiger partial charge in [0.2, 0.25) is 5.78 Å². The van der Waals surface area contributed by atoms with E-state index in [1.807, 2.05) is 42.5 Å². The van der Waals surface area contributed by atoms with Crippen molar-refractivity contribution >= 4 is 28.6 Å². The number of benzene rings is 3. The molecular formula is C22H15NO3. The Morgan fingerprint density at radius 2 is 1.62 bits per heavy atom. The second-order valence-electron chi connectivity index (χ2n) is 5.61. The van der Waals surface area contributed by atoms with Crippen LogP contribution in [0.4, 0.5) is 0 Å². The zero-order chi connectivity index (χ0) is 18.4. The van der Waals surface area contributed by atoms with Crippen LogP contribution in [-0.4, -0.2) is 18.4 Å². The van der Waals surface area contributed by atoms with E-state index in [1.54, 1.807) is 36.4 Å². The molecule has 0 saturated heterocycles. The maximum Gasteiger partial charge on any atom is 0.349 e. The van der Waals surface area contributed by atoms with Crippen LogP contribution in [0.15, 0.2) is 78.4 Å². The Morgan fingerprint density at radius 1 is 0.923 bits per heavy atom. The SMILES string of the molecule is N#C/C(=C\c1ccccc1)C(=O)OCC(=O)c1cccc2ccccc12. The zero-order valence-corrected chi connectivity index (χ0v) is 13.9. The molecule has 4 nitrogen and oxygen atoms in total. The van der Waals surface area contributed by atoms with Crippen LogP contribution in [0.5, 0.6) is 0 Å². The second-order valence-corrected chi connectivity index (χ2v) is 5.61. The average Bonchev–Trinajstić information content (AvgIpc) is 2.70. The molecule has 0 atom stereocenters. The van der Waals surface area contributed by atoms with Gasteiger partial charge in [-0.1, -0.05) is 72.8 Å². The maximum atomic E-state index is 12.5. The van der Waals surface area contributed by atoms with Gasteiger partial charge in [0, 0.05) is 5.56 Å². The third-order valence-electron chi connectivity index (χ3n) is 3.88. The highest BCUT2D eigenvalue weighted by molar-refractivity contribution is 6.09. The minimum atomic E-state index is -0.815. The zero-order valence-electron chi connectivity index (χ0n) is 13.9. The van der Waals surface area contributed by atoms with Crippen LogP contribution in [0.3, 0.4) is 0 Å². The summed E-state index contributed by atoms with van der Waals surface area (Å²) in [5.74, 6) is -1.13. The summed E-state index contributed by atoms with van der Waals surface area (Å²) >= 11 is 0. The van der Waals surface area contributed by atoms with Gasteiger partial charge in [0.25, 0.3) is 0 Å². The Labute approximate surface area is 150 Å². The van der Waals surface area contributed by atoms with Gasteiger partial charge in [-0.25, -0.2) is 4.79 Å². The van der Waals surface area contributed by atoms with Crippen molar-refractivity contribution in [3.05, 3.63) is 89.5 Å². The van der Waals surface area contributed by atoms with E-state index in [1.165, 1.54) is 6.08 Å². The maximum absolute atomic E-state index is 12.5. The molecule has 0 radical (unpaired) electrons. The van der Waals surface area contributed by atoms with Gasteiger partial charge >= 0.3 is 5.97 Å². The van der Waals surface area contributed by atoms with Crippen LogP contribution in [0.2, 0.25) is 0 Å². The molecule has 3 rings (SSSR count). The fourth-order valence-corrected chi connectivity index (χ4v) is 2.61. The Bertz CT molecular complexity index is 1020. The number of Topliss-reactive ketones (excluding diaryl/α,β-unsaturated/α-hetero) is 1. The van der Waals surface area contributed by atoms with Crippen LogP contribution in [-0.2, 0) is 9.53 Å². The first kappa shape index (κ1) is 17.1. The molecule has 0 unspecified atom stereocenters. The minimum absolute atomic E-state index is 0.151. The van der Waals surface area contributed by atoms with E-state index in [2.05, 4.69) is 0 Å². The summed E-state index contributed by atoms with van der Waals surface area (Å²) in [4.78, 5) is 24.6. The molecule has 0 saturated carbocycles. The van der Waals surface area contributed by atoms with Crippen molar-refractivity contribution in [3.8, 4) is 6.07 Å². The van der Waals surface area contributed by atoms with E-state index in [9.17, 15) is 14.9 Å². The Balaban J connectivity index is 1.73. The van der Waals surface area contributed by atoms with Crippen LogP contribution in [0.25, 0.3) is 16.8 Å². The highest BCUT2D eigenvalue weighted by Gasteiger charge is 2.15. The van der Waals surface area contributed by atoms with Crippen molar-refractivity contribution in [1.29, 1.82) is 5.26 Å². The number of esters is 1. The standard InChI is InChI=1S/C22H15NO3/c23-14-18(13-16-7-2-1-3-8-16)22(25)26-15-21(24)20-12-6-10-17-9-4-5-11-19(17)20/h1-13H,15H2/b18-13+. The van der Waals surface area contributed by atoms with Gasteiger partial charge in [0.15, 0.2) is 6.61 Å². The Hall–Kier alpha value is -3.71. The Kier molecular flexibility index (Phi) is 5.21. The van der Waals surface area contributed by atoms with Gasteiger partial charge in [-0.05, 0) is 22.4 Å². The summed E-state index contributed by atoms with van der Waals surface area (Å²) in [6.45, 7) is -0.416. The lowest BCUT2D eigenvalue weighted by Gasteiger charge is -2.07. The van der Waals surface area contributed by atoms with Gasteiger partial charge in [-0.15, -0.1) is 0 Å². The fraction of sp³-hybridized carbons (Fsp3) is 0.0455. The predicted octanol–water partition coefficient (Wildman–Crippen LogP) is 4.17. The topological polar surface area (TPSA) is 67.2 Å². The highest BCUT2D eigenvalue weighted by atomic mass is 16.5. The predicted molar refractivity (Wildman–Crippen MR) is 99.3 cm³/mol. The van der Waals surface area contributed by atoms with E-state index >= 15 is 0 Å². The average molecular weight is 341 g/mol. The minimum Gasteiger partial charge on any atom is -0.453 e. The smallest absolute Gasteiger partial charge is 0.349 e. The molecule has 0 bridgehead atoms. The molecule has 0 aliphatic rings. The van der Waals surface area contributed by atoms with Crippen LogP contribution < -0.4 is 0 Å². The van der Waals surface area contributed by atoms with Gasteiger partial charge < -0.3 is 4.74 Å². The second kappa shape index (κ2) is 7.91. The van der Waals surface area contributed by atoms with Crippen molar-refractivity contribution in [2.75, 3.05) is 6.61 Å². The molecule has 3 aromatic rings. The van der Waals surface area contributed by atoms with E-state index < -0.39 is 12.6 Å².